The lowest BCUT2D eigenvalue weighted by atomic mass is 10.4. The highest BCUT2D eigenvalue weighted by Gasteiger charge is 2.17. The number of rotatable bonds is 1. The molecule has 0 unspecified atom stereocenters. The third-order valence-corrected chi connectivity index (χ3v) is 3.03. The van der Waals surface area contributed by atoms with Crippen LogP contribution in [0.5, 0.6) is 0 Å². The summed E-state index contributed by atoms with van der Waals surface area (Å²) in [5, 5.41) is 2.85. The smallest absolute Gasteiger partial charge is 0.269 e. The molecule has 0 radical (unpaired) electrons. The fourth-order valence-corrected chi connectivity index (χ4v) is 2.45. The number of nitrogens with one attached hydrogen (secondary N) is 1. The summed E-state index contributed by atoms with van der Waals surface area (Å²) in [5.41, 5.74) is 0.998. The van der Waals surface area contributed by atoms with Gasteiger partial charge in [-0.25, -0.2) is 9.97 Å². The van der Waals surface area contributed by atoms with Gasteiger partial charge in [0, 0.05) is 7.05 Å². The zero-order valence-electron chi connectivity index (χ0n) is 8.58. The van der Waals surface area contributed by atoms with Crippen LogP contribution >= 0.6 is 27.5 Å². The third-order valence-electron chi connectivity index (χ3n) is 2.20. The van der Waals surface area contributed by atoms with Crippen molar-refractivity contribution in [1.82, 2.24) is 19.7 Å². The molecule has 0 saturated carbocycles. The molecule has 7 heteroatoms. The minimum absolute atomic E-state index is 0.234. The quantitative estimate of drug-likeness (QED) is 0.874. The van der Waals surface area contributed by atoms with E-state index < -0.39 is 0 Å². The van der Waals surface area contributed by atoms with Crippen molar-refractivity contribution in [1.29, 1.82) is 0 Å². The van der Waals surface area contributed by atoms with Gasteiger partial charge in [-0.1, -0.05) is 11.6 Å². The van der Waals surface area contributed by atoms with Gasteiger partial charge >= 0.3 is 0 Å². The average Bonchev–Trinajstić information content (AvgIpc) is 2.55. The molecule has 2 heterocycles. The van der Waals surface area contributed by atoms with Crippen LogP contribution in [0.1, 0.15) is 16.3 Å². The van der Waals surface area contributed by atoms with E-state index in [-0.39, 0.29) is 5.91 Å². The molecule has 0 saturated heterocycles. The first kappa shape index (κ1) is 11.3. The molecule has 0 aliphatic heterocycles. The zero-order chi connectivity index (χ0) is 11.9. The Morgan fingerprint density at radius 1 is 1.62 bits per heavy atom. The first-order valence-electron chi connectivity index (χ1n) is 4.47. The van der Waals surface area contributed by atoms with Gasteiger partial charge in [0.15, 0.2) is 5.15 Å². The predicted molar refractivity (Wildman–Crippen MR) is 63.8 cm³/mol. The summed E-state index contributed by atoms with van der Waals surface area (Å²) < 4.78 is 2.24. The van der Waals surface area contributed by atoms with Crippen LogP contribution in [-0.2, 0) is 0 Å². The maximum Gasteiger partial charge on any atom is 0.269 e. The number of carbonyl (C=O) groups excluding carboxylic acids is 1. The summed E-state index contributed by atoms with van der Waals surface area (Å²) in [7, 11) is 1.56. The minimum Gasteiger partial charge on any atom is -0.354 e. The van der Waals surface area contributed by atoms with Crippen molar-refractivity contribution in [2.45, 2.75) is 6.92 Å². The molecule has 84 valence electrons. The molecule has 0 fully saturated rings. The second kappa shape index (κ2) is 4.03. The van der Waals surface area contributed by atoms with Crippen molar-refractivity contribution < 1.29 is 4.79 Å². The molecule has 0 aliphatic carbocycles. The summed E-state index contributed by atoms with van der Waals surface area (Å²) >= 11 is 9.25. The molecule has 0 spiro atoms. The van der Waals surface area contributed by atoms with E-state index in [2.05, 4.69) is 31.2 Å². The highest BCUT2D eigenvalue weighted by molar-refractivity contribution is 9.10. The van der Waals surface area contributed by atoms with Gasteiger partial charge in [0.2, 0.25) is 0 Å². The number of hydrogen-bond acceptors (Lipinski definition) is 3. The number of carbonyl (C=O) groups is 1. The number of hydrogen-bond donors (Lipinski definition) is 1. The molecule has 0 aliphatic rings. The van der Waals surface area contributed by atoms with Gasteiger partial charge in [0.1, 0.15) is 21.6 Å². The number of imidazole rings is 1. The van der Waals surface area contributed by atoms with Crippen LogP contribution in [0.3, 0.4) is 0 Å². The second-order valence-electron chi connectivity index (χ2n) is 3.15. The molecule has 5 nitrogen and oxygen atoms in total. The molecule has 1 amide bonds. The summed E-state index contributed by atoms with van der Waals surface area (Å²) in [6, 6.07) is 0. The first-order chi connectivity index (χ1) is 7.56. The molecule has 1 N–H and O–H groups in total. The molecule has 0 aromatic carbocycles. The third kappa shape index (κ3) is 1.58. The SMILES string of the molecule is CNC(=O)c1cnc(Cl)c2c(Br)nc(C)n12. The Balaban J connectivity index is 2.88. The van der Waals surface area contributed by atoms with Crippen LogP contribution in [-0.4, -0.2) is 27.3 Å². The monoisotopic (exact) mass is 302 g/mol. The van der Waals surface area contributed by atoms with Crippen LogP contribution in [0.15, 0.2) is 10.8 Å². The lowest BCUT2D eigenvalue weighted by molar-refractivity contribution is 0.0956. The Morgan fingerprint density at radius 2 is 2.31 bits per heavy atom. The van der Waals surface area contributed by atoms with E-state index in [1.54, 1.807) is 18.4 Å². The highest BCUT2D eigenvalue weighted by Crippen LogP contribution is 2.25. The maximum absolute atomic E-state index is 11.6. The van der Waals surface area contributed by atoms with E-state index in [1.807, 2.05) is 0 Å². The van der Waals surface area contributed by atoms with Crippen molar-refractivity contribution in [2.75, 3.05) is 7.05 Å². The maximum atomic E-state index is 11.6. The van der Waals surface area contributed by atoms with E-state index in [0.29, 0.717) is 26.8 Å². The summed E-state index contributed by atoms with van der Waals surface area (Å²) in [6.07, 6.45) is 1.43. The van der Waals surface area contributed by atoms with E-state index in [4.69, 9.17) is 11.6 Å². The average molecular weight is 304 g/mol. The molecule has 2 aromatic rings. The van der Waals surface area contributed by atoms with E-state index in [9.17, 15) is 4.79 Å². The van der Waals surface area contributed by atoms with Crippen LogP contribution < -0.4 is 5.32 Å². The van der Waals surface area contributed by atoms with Crippen molar-refractivity contribution in [3.8, 4) is 0 Å². The number of aromatic nitrogens is 3. The van der Waals surface area contributed by atoms with Crippen molar-refractivity contribution >= 4 is 39.0 Å². The fraction of sp³-hybridized carbons (Fsp3) is 0.222. The van der Waals surface area contributed by atoms with Gasteiger partial charge in [-0.15, -0.1) is 0 Å². The molecular formula is C9H8BrClN4O. The Kier molecular flexibility index (Phi) is 2.86. The zero-order valence-corrected chi connectivity index (χ0v) is 10.9. The second-order valence-corrected chi connectivity index (χ2v) is 4.26. The van der Waals surface area contributed by atoms with Crippen molar-refractivity contribution in [2.24, 2.45) is 0 Å². The molecule has 0 atom stereocenters. The molecule has 2 aromatic heterocycles. The van der Waals surface area contributed by atoms with Gasteiger partial charge < -0.3 is 5.32 Å². The van der Waals surface area contributed by atoms with Crippen molar-refractivity contribution in [3.05, 3.63) is 27.5 Å². The van der Waals surface area contributed by atoms with Gasteiger partial charge in [-0.2, -0.15) is 0 Å². The Hall–Kier alpha value is -1.14. The highest BCUT2D eigenvalue weighted by atomic mass is 79.9. The van der Waals surface area contributed by atoms with Crippen LogP contribution in [0.2, 0.25) is 5.15 Å². The van der Waals surface area contributed by atoms with E-state index in [0.717, 1.165) is 0 Å². The van der Waals surface area contributed by atoms with E-state index >= 15 is 0 Å². The van der Waals surface area contributed by atoms with Gasteiger partial charge in [0.25, 0.3) is 5.91 Å². The van der Waals surface area contributed by atoms with Gasteiger partial charge in [0.05, 0.1) is 6.20 Å². The Labute approximate surface area is 105 Å². The van der Waals surface area contributed by atoms with Crippen LogP contribution in [0.25, 0.3) is 5.52 Å². The topological polar surface area (TPSA) is 59.3 Å². The van der Waals surface area contributed by atoms with Crippen LogP contribution in [0.4, 0.5) is 0 Å². The van der Waals surface area contributed by atoms with E-state index in [1.165, 1.54) is 6.20 Å². The van der Waals surface area contributed by atoms with Crippen LogP contribution in [0, 0.1) is 6.92 Å². The number of amides is 1. The Morgan fingerprint density at radius 3 is 2.94 bits per heavy atom. The lowest BCUT2D eigenvalue weighted by Crippen LogP contribution is -2.21. The molecular weight excluding hydrogens is 295 g/mol. The van der Waals surface area contributed by atoms with Gasteiger partial charge in [-0.3, -0.25) is 9.20 Å². The standard InChI is InChI=1S/C9H8BrClN4O/c1-4-14-7(10)6-8(11)13-3-5(15(4)6)9(16)12-2/h3H,1-2H3,(H,12,16). The minimum atomic E-state index is -0.234. The predicted octanol–water partition coefficient (Wildman–Crippen LogP) is 1.81. The number of fused-ring (bicyclic) bond motifs is 1. The number of halogens is 2. The van der Waals surface area contributed by atoms with Gasteiger partial charge in [-0.05, 0) is 22.9 Å². The summed E-state index contributed by atoms with van der Waals surface area (Å²) in [6.45, 7) is 1.79. The van der Waals surface area contributed by atoms with Crippen molar-refractivity contribution in [3.63, 3.8) is 0 Å². The first-order valence-corrected chi connectivity index (χ1v) is 5.64. The normalized spacial score (nSPS) is 10.8. The number of aryl methyl sites for hydroxylation is 1. The molecule has 16 heavy (non-hydrogen) atoms. The fourth-order valence-electron chi connectivity index (χ4n) is 1.50. The molecule has 0 bridgehead atoms. The number of nitrogens with zero attached hydrogens (tertiary/aromatic N) is 3. The molecule has 2 rings (SSSR count). The summed E-state index contributed by atoms with van der Waals surface area (Å²) in [4.78, 5) is 19.8. The largest absolute Gasteiger partial charge is 0.354 e. The summed E-state index contributed by atoms with van der Waals surface area (Å²) in [5.74, 6) is 0.437. The lowest BCUT2D eigenvalue weighted by Gasteiger charge is -2.05. The Bertz CT molecular complexity index is 580.